The maximum Gasteiger partial charge on any atom is 0.242 e. The van der Waals surface area contributed by atoms with Crippen molar-refractivity contribution in [3.63, 3.8) is 0 Å². The van der Waals surface area contributed by atoms with Gasteiger partial charge in [0.2, 0.25) is 10.0 Å². The third-order valence-electron chi connectivity index (χ3n) is 4.28. The van der Waals surface area contributed by atoms with Crippen molar-refractivity contribution in [1.29, 1.82) is 0 Å². The van der Waals surface area contributed by atoms with Gasteiger partial charge < -0.3 is 4.57 Å². The van der Waals surface area contributed by atoms with Crippen molar-refractivity contribution in [2.75, 3.05) is 6.54 Å². The molecular formula is C19H18N4O2S. The SMILES string of the molecule is O=S(=O)(NCCCn1ccc2cccnc21)c1cccc2cccnc12. The molecule has 3 aromatic heterocycles. The largest absolute Gasteiger partial charge is 0.332 e. The van der Waals surface area contributed by atoms with Crippen LogP contribution in [-0.2, 0) is 16.6 Å². The van der Waals surface area contributed by atoms with E-state index in [-0.39, 0.29) is 4.90 Å². The Morgan fingerprint density at radius 1 is 0.923 bits per heavy atom. The molecule has 7 heteroatoms. The van der Waals surface area contributed by atoms with Crippen molar-refractivity contribution in [2.24, 2.45) is 0 Å². The van der Waals surface area contributed by atoms with Gasteiger partial charge in [-0.2, -0.15) is 0 Å². The Morgan fingerprint density at radius 3 is 2.58 bits per heavy atom. The van der Waals surface area contributed by atoms with E-state index in [0.717, 1.165) is 16.4 Å². The van der Waals surface area contributed by atoms with Gasteiger partial charge in [0.05, 0.1) is 5.52 Å². The number of para-hydroxylation sites is 1. The van der Waals surface area contributed by atoms with E-state index >= 15 is 0 Å². The van der Waals surface area contributed by atoms with E-state index in [1.807, 2.05) is 41.1 Å². The molecule has 0 atom stereocenters. The predicted molar refractivity (Wildman–Crippen MR) is 101 cm³/mol. The Balaban J connectivity index is 1.45. The molecule has 0 aliphatic carbocycles. The Bertz CT molecular complexity index is 1160. The average Bonchev–Trinajstić information content (AvgIpc) is 3.08. The zero-order chi connectivity index (χ0) is 18.0. The van der Waals surface area contributed by atoms with Crippen LogP contribution in [0, 0.1) is 0 Å². The lowest BCUT2D eigenvalue weighted by atomic mass is 10.2. The van der Waals surface area contributed by atoms with Crippen LogP contribution in [0.15, 0.2) is 72.0 Å². The van der Waals surface area contributed by atoms with Crippen LogP contribution in [0.1, 0.15) is 6.42 Å². The molecule has 3 heterocycles. The number of rotatable bonds is 6. The number of fused-ring (bicyclic) bond motifs is 2. The van der Waals surface area contributed by atoms with Gasteiger partial charge in [0, 0.05) is 42.5 Å². The summed E-state index contributed by atoms with van der Waals surface area (Å²) in [6, 6.07) is 14.7. The molecule has 1 aromatic carbocycles. The van der Waals surface area contributed by atoms with Crippen LogP contribution < -0.4 is 4.72 Å². The maximum atomic E-state index is 12.6. The van der Waals surface area contributed by atoms with E-state index in [1.165, 1.54) is 0 Å². The van der Waals surface area contributed by atoms with Crippen molar-refractivity contribution in [3.05, 3.63) is 67.1 Å². The normalized spacial score (nSPS) is 12.0. The summed E-state index contributed by atoms with van der Waals surface area (Å²) in [6.45, 7) is 1.04. The summed E-state index contributed by atoms with van der Waals surface area (Å²) in [6.07, 6.45) is 6.00. The molecule has 0 saturated heterocycles. The lowest BCUT2D eigenvalue weighted by Gasteiger charge is -2.09. The fraction of sp³-hybridized carbons (Fsp3) is 0.158. The van der Waals surface area contributed by atoms with Crippen molar-refractivity contribution in [3.8, 4) is 0 Å². The molecule has 0 amide bonds. The molecule has 1 N–H and O–H groups in total. The second kappa shape index (κ2) is 6.86. The number of nitrogens with zero attached hydrogens (tertiary/aromatic N) is 3. The highest BCUT2D eigenvalue weighted by Crippen LogP contribution is 2.20. The lowest BCUT2D eigenvalue weighted by Crippen LogP contribution is -2.26. The first-order valence-electron chi connectivity index (χ1n) is 8.38. The van der Waals surface area contributed by atoms with Gasteiger partial charge >= 0.3 is 0 Å². The van der Waals surface area contributed by atoms with Crippen molar-refractivity contribution in [1.82, 2.24) is 19.3 Å². The summed E-state index contributed by atoms with van der Waals surface area (Å²) in [5.41, 5.74) is 1.40. The minimum atomic E-state index is -3.61. The molecule has 26 heavy (non-hydrogen) atoms. The first-order chi connectivity index (χ1) is 12.6. The number of aromatic nitrogens is 3. The summed E-state index contributed by atoms with van der Waals surface area (Å²) in [7, 11) is -3.61. The van der Waals surface area contributed by atoms with Crippen LogP contribution in [0.4, 0.5) is 0 Å². The number of hydrogen-bond donors (Lipinski definition) is 1. The lowest BCUT2D eigenvalue weighted by molar-refractivity contribution is 0.572. The van der Waals surface area contributed by atoms with Crippen LogP contribution in [-0.4, -0.2) is 29.5 Å². The van der Waals surface area contributed by atoms with E-state index in [9.17, 15) is 8.42 Å². The van der Waals surface area contributed by atoms with Gasteiger partial charge in [-0.25, -0.2) is 18.1 Å². The quantitative estimate of drug-likeness (QED) is 0.532. The van der Waals surface area contributed by atoms with Crippen molar-refractivity contribution < 1.29 is 8.42 Å². The Labute approximate surface area is 151 Å². The highest BCUT2D eigenvalue weighted by Gasteiger charge is 2.17. The number of benzene rings is 1. The first kappa shape index (κ1) is 16.7. The number of nitrogens with one attached hydrogen (secondary N) is 1. The van der Waals surface area contributed by atoms with Gasteiger partial charge in [-0.1, -0.05) is 18.2 Å². The Kier molecular flexibility index (Phi) is 4.40. The molecule has 132 valence electrons. The van der Waals surface area contributed by atoms with Crippen molar-refractivity contribution in [2.45, 2.75) is 17.9 Å². The van der Waals surface area contributed by atoms with Gasteiger partial charge in [-0.15, -0.1) is 0 Å². The monoisotopic (exact) mass is 366 g/mol. The minimum Gasteiger partial charge on any atom is -0.332 e. The molecule has 0 unspecified atom stereocenters. The summed E-state index contributed by atoms with van der Waals surface area (Å²) in [5.74, 6) is 0. The van der Waals surface area contributed by atoms with Gasteiger partial charge in [-0.3, -0.25) is 4.98 Å². The van der Waals surface area contributed by atoms with Gasteiger partial charge in [-0.05, 0) is 36.8 Å². The number of pyridine rings is 2. The van der Waals surface area contributed by atoms with E-state index < -0.39 is 10.0 Å². The molecule has 0 spiro atoms. The second-order valence-electron chi connectivity index (χ2n) is 6.01. The number of sulfonamides is 1. The summed E-state index contributed by atoms with van der Waals surface area (Å²) in [5, 5.41) is 1.88. The van der Waals surface area contributed by atoms with E-state index in [0.29, 0.717) is 25.0 Å². The first-order valence-corrected chi connectivity index (χ1v) is 9.87. The fourth-order valence-electron chi connectivity index (χ4n) is 3.03. The Hall–Kier alpha value is -2.77. The highest BCUT2D eigenvalue weighted by atomic mass is 32.2. The van der Waals surface area contributed by atoms with Crippen LogP contribution in [0.3, 0.4) is 0 Å². The number of hydrogen-bond acceptors (Lipinski definition) is 4. The third kappa shape index (κ3) is 3.18. The van der Waals surface area contributed by atoms with Crippen molar-refractivity contribution >= 4 is 32.0 Å². The molecule has 0 bridgehead atoms. The molecule has 0 aliphatic rings. The van der Waals surface area contributed by atoms with Crippen LogP contribution in [0.2, 0.25) is 0 Å². The molecule has 0 radical (unpaired) electrons. The minimum absolute atomic E-state index is 0.212. The maximum absolute atomic E-state index is 12.6. The molecule has 4 rings (SSSR count). The summed E-state index contributed by atoms with van der Waals surface area (Å²) < 4.78 is 30.0. The molecule has 0 aliphatic heterocycles. The van der Waals surface area contributed by atoms with E-state index in [4.69, 9.17) is 0 Å². The third-order valence-corrected chi connectivity index (χ3v) is 5.77. The molecule has 4 aromatic rings. The standard InChI is InChI=1S/C19H18N4O2S/c24-26(25,17-8-1-5-15-6-2-10-20-18(15)17)22-12-4-13-23-14-9-16-7-3-11-21-19(16)23/h1-3,5-11,14,22H,4,12-13H2. The molecular weight excluding hydrogens is 348 g/mol. The molecule has 0 saturated carbocycles. The smallest absolute Gasteiger partial charge is 0.242 e. The fourth-order valence-corrected chi connectivity index (χ4v) is 4.28. The highest BCUT2D eigenvalue weighted by molar-refractivity contribution is 7.89. The summed E-state index contributed by atoms with van der Waals surface area (Å²) >= 11 is 0. The predicted octanol–water partition coefficient (Wildman–Crippen LogP) is 2.95. The van der Waals surface area contributed by atoms with E-state index in [2.05, 4.69) is 14.7 Å². The second-order valence-corrected chi connectivity index (χ2v) is 7.74. The van der Waals surface area contributed by atoms with Crippen LogP contribution in [0.25, 0.3) is 21.9 Å². The van der Waals surface area contributed by atoms with Gasteiger partial charge in [0.15, 0.2) is 0 Å². The summed E-state index contributed by atoms with van der Waals surface area (Å²) in [4.78, 5) is 8.80. The zero-order valence-corrected chi connectivity index (χ0v) is 14.9. The molecule has 0 fully saturated rings. The Morgan fingerprint density at radius 2 is 1.69 bits per heavy atom. The van der Waals surface area contributed by atoms with Gasteiger partial charge in [0.25, 0.3) is 0 Å². The number of aryl methyl sites for hydroxylation is 1. The van der Waals surface area contributed by atoms with Gasteiger partial charge in [0.1, 0.15) is 10.5 Å². The average molecular weight is 366 g/mol. The topological polar surface area (TPSA) is 76.9 Å². The molecule has 6 nitrogen and oxygen atoms in total. The van der Waals surface area contributed by atoms with Crippen LogP contribution in [0.5, 0.6) is 0 Å². The van der Waals surface area contributed by atoms with E-state index in [1.54, 1.807) is 30.6 Å². The zero-order valence-electron chi connectivity index (χ0n) is 14.0. The van der Waals surface area contributed by atoms with Crippen LogP contribution >= 0.6 is 0 Å².